The number of phenols is 1. The minimum Gasteiger partial charge on any atom is -0.507 e. The minimum atomic E-state index is -0.359. The smallest absolute Gasteiger partial charge is 0.257 e. The van der Waals surface area contributed by atoms with Gasteiger partial charge in [0.1, 0.15) is 5.75 Å². The third-order valence-electron chi connectivity index (χ3n) is 3.34. The summed E-state index contributed by atoms with van der Waals surface area (Å²) in [6.07, 6.45) is 0.204. The lowest BCUT2D eigenvalue weighted by atomic mass is 9.96. The summed E-state index contributed by atoms with van der Waals surface area (Å²) in [4.78, 5) is 13.9. The predicted octanol–water partition coefficient (Wildman–Crippen LogP) is 1.89. The van der Waals surface area contributed by atoms with Gasteiger partial charge in [-0.25, -0.2) is 0 Å². The Morgan fingerprint density at radius 2 is 2.22 bits per heavy atom. The van der Waals surface area contributed by atoms with Crippen molar-refractivity contribution in [2.75, 3.05) is 13.1 Å². The van der Waals surface area contributed by atoms with Crippen molar-refractivity contribution in [3.8, 4) is 5.75 Å². The summed E-state index contributed by atoms with van der Waals surface area (Å²) in [5.41, 5.74) is 0.214. The van der Waals surface area contributed by atoms with Crippen molar-refractivity contribution in [2.45, 2.75) is 19.4 Å². The van der Waals surface area contributed by atoms with Crippen LogP contribution in [0.15, 0.2) is 18.2 Å². The number of hydrogen-bond donors (Lipinski definition) is 2. The number of halogens is 1. The lowest BCUT2D eigenvalue weighted by Gasteiger charge is -2.34. The van der Waals surface area contributed by atoms with E-state index in [1.54, 1.807) is 4.90 Å². The molecule has 4 nitrogen and oxygen atoms in total. The third-order valence-corrected chi connectivity index (χ3v) is 3.57. The zero-order valence-electron chi connectivity index (χ0n) is 10.1. The van der Waals surface area contributed by atoms with E-state index < -0.39 is 0 Å². The average molecular weight is 270 g/mol. The molecule has 0 radical (unpaired) electrons. The van der Waals surface area contributed by atoms with Crippen LogP contribution in [0.4, 0.5) is 0 Å². The van der Waals surface area contributed by atoms with E-state index in [2.05, 4.69) is 0 Å². The molecule has 1 fully saturated rings. The van der Waals surface area contributed by atoms with Crippen molar-refractivity contribution >= 4 is 17.5 Å². The van der Waals surface area contributed by atoms with Gasteiger partial charge in [-0.05, 0) is 30.5 Å². The van der Waals surface area contributed by atoms with Crippen LogP contribution in [0, 0.1) is 5.92 Å². The standard InChI is InChI=1S/C13H16ClNO3/c1-8-7-15(5-4-11(8)16)13(18)10-6-9(14)2-3-12(10)17/h2-3,6,8,11,16-17H,4-5,7H2,1H3. The highest BCUT2D eigenvalue weighted by Gasteiger charge is 2.28. The average Bonchev–Trinajstić information content (AvgIpc) is 2.35. The fraction of sp³-hybridized carbons (Fsp3) is 0.462. The lowest BCUT2D eigenvalue weighted by Crippen LogP contribution is -2.44. The molecular formula is C13H16ClNO3. The van der Waals surface area contributed by atoms with Gasteiger partial charge in [-0.2, -0.15) is 0 Å². The first-order chi connectivity index (χ1) is 8.49. The van der Waals surface area contributed by atoms with Gasteiger partial charge in [-0.15, -0.1) is 0 Å². The predicted molar refractivity (Wildman–Crippen MR) is 68.8 cm³/mol. The molecule has 1 aliphatic heterocycles. The van der Waals surface area contributed by atoms with Gasteiger partial charge >= 0.3 is 0 Å². The second-order valence-electron chi connectivity index (χ2n) is 4.75. The van der Waals surface area contributed by atoms with E-state index in [1.165, 1.54) is 18.2 Å². The quantitative estimate of drug-likeness (QED) is 0.818. The number of amides is 1. The molecule has 1 aromatic carbocycles. The number of aliphatic hydroxyl groups excluding tert-OH is 1. The van der Waals surface area contributed by atoms with Gasteiger partial charge in [0.15, 0.2) is 0 Å². The van der Waals surface area contributed by atoms with Gasteiger partial charge < -0.3 is 15.1 Å². The topological polar surface area (TPSA) is 60.8 Å². The molecule has 1 heterocycles. The summed E-state index contributed by atoms with van der Waals surface area (Å²) in [7, 11) is 0. The second kappa shape index (κ2) is 5.16. The van der Waals surface area contributed by atoms with Crippen LogP contribution in [-0.4, -0.2) is 40.2 Å². The first kappa shape index (κ1) is 13.2. The molecule has 0 spiro atoms. The number of aliphatic hydroxyl groups is 1. The number of piperidine rings is 1. The van der Waals surface area contributed by atoms with E-state index >= 15 is 0 Å². The Balaban J connectivity index is 2.19. The van der Waals surface area contributed by atoms with Gasteiger partial charge in [0.2, 0.25) is 0 Å². The van der Waals surface area contributed by atoms with Crippen LogP contribution in [0.1, 0.15) is 23.7 Å². The van der Waals surface area contributed by atoms with E-state index in [9.17, 15) is 15.0 Å². The number of hydrogen-bond acceptors (Lipinski definition) is 3. The maximum atomic E-state index is 12.3. The summed E-state index contributed by atoms with van der Waals surface area (Å²) >= 11 is 5.83. The zero-order chi connectivity index (χ0) is 13.3. The molecule has 2 unspecified atom stereocenters. The molecule has 1 aromatic rings. The summed E-state index contributed by atoms with van der Waals surface area (Å²) in [6, 6.07) is 4.42. The fourth-order valence-electron chi connectivity index (χ4n) is 2.17. The maximum absolute atomic E-state index is 12.3. The van der Waals surface area contributed by atoms with Crippen LogP contribution in [0.25, 0.3) is 0 Å². The molecule has 98 valence electrons. The summed E-state index contributed by atoms with van der Waals surface area (Å²) in [6.45, 7) is 2.89. The molecular weight excluding hydrogens is 254 g/mol. The number of aromatic hydroxyl groups is 1. The first-order valence-electron chi connectivity index (χ1n) is 5.95. The van der Waals surface area contributed by atoms with Crippen molar-refractivity contribution in [3.63, 3.8) is 0 Å². The molecule has 1 amide bonds. The molecule has 5 heteroatoms. The fourth-order valence-corrected chi connectivity index (χ4v) is 2.34. The Hall–Kier alpha value is -1.26. The van der Waals surface area contributed by atoms with Crippen molar-refractivity contribution in [2.24, 2.45) is 5.92 Å². The monoisotopic (exact) mass is 269 g/mol. The van der Waals surface area contributed by atoms with E-state index in [1.807, 2.05) is 6.92 Å². The van der Waals surface area contributed by atoms with Crippen LogP contribution in [-0.2, 0) is 0 Å². The highest BCUT2D eigenvalue weighted by atomic mass is 35.5. The Kier molecular flexibility index (Phi) is 3.78. The third kappa shape index (κ3) is 2.60. The molecule has 2 N–H and O–H groups in total. The number of carbonyl (C=O) groups is 1. The highest BCUT2D eigenvalue weighted by molar-refractivity contribution is 6.31. The molecule has 18 heavy (non-hydrogen) atoms. The van der Waals surface area contributed by atoms with Crippen molar-refractivity contribution in [1.82, 2.24) is 4.90 Å². The first-order valence-corrected chi connectivity index (χ1v) is 6.32. The number of carbonyl (C=O) groups excluding carboxylic acids is 1. The lowest BCUT2D eigenvalue weighted by molar-refractivity contribution is 0.0296. The Labute approximate surface area is 111 Å². The highest BCUT2D eigenvalue weighted by Crippen LogP contribution is 2.25. The van der Waals surface area contributed by atoms with Crippen LogP contribution < -0.4 is 0 Å². The minimum absolute atomic E-state index is 0.0454. The van der Waals surface area contributed by atoms with Gasteiger partial charge in [-0.3, -0.25) is 4.79 Å². The molecule has 0 aromatic heterocycles. The number of benzene rings is 1. The molecule has 0 aliphatic carbocycles. The molecule has 0 bridgehead atoms. The summed E-state index contributed by atoms with van der Waals surface area (Å²) < 4.78 is 0. The number of rotatable bonds is 1. The molecule has 2 atom stereocenters. The SMILES string of the molecule is CC1CN(C(=O)c2cc(Cl)ccc2O)CCC1O. The summed E-state index contributed by atoms with van der Waals surface area (Å²) in [5.74, 6) is -0.263. The van der Waals surface area contributed by atoms with E-state index in [0.717, 1.165) is 0 Å². The number of phenolic OH excluding ortho intramolecular Hbond substituents is 1. The van der Waals surface area contributed by atoms with Gasteiger partial charge in [-0.1, -0.05) is 18.5 Å². The largest absolute Gasteiger partial charge is 0.507 e. The molecule has 0 saturated carbocycles. The van der Waals surface area contributed by atoms with Crippen molar-refractivity contribution < 1.29 is 15.0 Å². The Morgan fingerprint density at radius 1 is 1.50 bits per heavy atom. The van der Waals surface area contributed by atoms with Crippen molar-refractivity contribution in [1.29, 1.82) is 0 Å². The Bertz CT molecular complexity index is 464. The number of nitrogens with zero attached hydrogens (tertiary/aromatic N) is 1. The molecule has 1 aliphatic rings. The van der Waals surface area contributed by atoms with Crippen LogP contribution in [0.3, 0.4) is 0 Å². The van der Waals surface area contributed by atoms with Crippen LogP contribution in [0.2, 0.25) is 5.02 Å². The zero-order valence-corrected chi connectivity index (χ0v) is 10.9. The van der Waals surface area contributed by atoms with Crippen LogP contribution >= 0.6 is 11.6 Å². The normalized spacial score (nSPS) is 24.1. The Morgan fingerprint density at radius 3 is 2.89 bits per heavy atom. The van der Waals surface area contributed by atoms with E-state index in [0.29, 0.717) is 24.5 Å². The summed E-state index contributed by atoms with van der Waals surface area (Å²) in [5, 5.41) is 19.8. The maximum Gasteiger partial charge on any atom is 0.257 e. The van der Waals surface area contributed by atoms with Gasteiger partial charge in [0.25, 0.3) is 5.91 Å². The molecule has 1 saturated heterocycles. The van der Waals surface area contributed by atoms with Crippen LogP contribution in [0.5, 0.6) is 5.75 Å². The van der Waals surface area contributed by atoms with Gasteiger partial charge in [0, 0.05) is 18.1 Å². The van der Waals surface area contributed by atoms with E-state index in [-0.39, 0.29) is 29.2 Å². The molecule has 2 rings (SSSR count). The number of likely N-dealkylation sites (tertiary alicyclic amines) is 1. The van der Waals surface area contributed by atoms with Crippen molar-refractivity contribution in [3.05, 3.63) is 28.8 Å². The van der Waals surface area contributed by atoms with E-state index in [4.69, 9.17) is 11.6 Å². The van der Waals surface area contributed by atoms with Gasteiger partial charge in [0.05, 0.1) is 11.7 Å². The second-order valence-corrected chi connectivity index (χ2v) is 5.18.